The molecular weight excluding hydrogens is 264 g/mol. The van der Waals surface area contributed by atoms with Crippen molar-refractivity contribution in [1.29, 1.82) is 0 Å². The highest BCUT2D eigenvalue weighted by Crippen LogP contribution is 2.21. The van der Waals surface area contributed by atoms with E-state index in [1.165, 1.54) is 4.90 Å². The Bertz CT molecular complexity index is 547. The Hall–Kier alpha value is -1.81. The topological polar surface area (TPSA) is 42.8 Å². The molecule has 0 saturated heterocycles. The van der Waals surface area contributed by atoms with Gasteiger partial charge in [-0.25, -0.2) is 10.3 Å². The summed E-state index contributed by atoms with van der Waals surface area (Å²) in [5, 5.41) is 0. The molecule has 0 spiro atoms. The second-order valence-corrected chi connectivity index (χ2v) is 6.93. The standard InChI is InChI=1S/C17H24N2O2/c1-16(2)11-14(12-17(3,4)19(16)5)18-21-15(20)13-9-7-6-8-10-13/h6-11,18H,12H2,1-5H3/p+1. The summed E-state index contributed by atoms with van der Waals surface area (Å²) >= 11 is 0. The van der Waals surface area contributed by atoms with E-state index in [4.69, 9.17) is 4.84 Å². The van der Waals surface area contributed by atoms with Crippen LogP contribution in [0.3, 0.4) is 0 Å². The summed E-state index contributed by atoms with van der Waals surface area (Å²) in [5.74, 6) is -0.363. The fourth-order valence-corrected chi connectivity index (χ4v) is 2.89. The van der Waals surface area contributed by atoms with Crippen molar-refractivity contribution in [3.05, 3.63) is 47.7 Å². The lowest BCUT2D eigenvalue weighted by molar-refractivity contribution is -0.971. The molecule has 1 aromatic rings. The minimum absolute atomic E-state index is 0.0107. The van der Waals surface area contributed by atoms with Gasteiger partial charge >= 0.3 is 5.97 Å². The second kappa shape index (κ2) is 5.53. The molecule has 0 aromatic heterocycles. The van der Waals surface area contributed by atoms with Crippen molar-refractivity contribution in [2.75, 3.05) is 7.05 Å². The number of carbonyl (C=O) groups excluding carboxylic acids is 1. The van der Waals surface area contributed by atoms with E-state index in [0.29, 0.717) is 5.56 Å². The predicted molar refractivity (Wildman–Crippen MR) is 82.7 cm³/mol. The summed E-state index contributed by atoms with van der Waals surface area (Å²) in [6.07, 6.45) is 2.98. The van der Waals surface area contributed by atoms with Crippen LogP contribution in [0, 0.1) is 0 Å². The van der Waals surface area contributed by atoms with Crippen molar-refractivity contribution in [1.82, 2.24) is 5.48 Å². The molecule has 0 bridgehead atoms. The number of quaternary nitrogens is 1. The first kappa shape index (κ1) is 15.6. The highest BCUT2D eigenvalue weighted by Gasteiger charge is 2.42. The van der Waals surface area contributed by atoms with Gasteiger partial charge in [-0.2, -0.15) is 0 Å². The number of rotatable bonds is 3. The van der Waals surface area contributed by atoms with Gasteiger partial charge in [0, 0.05) is 6.42 Å². The second-order valence-electron chi connectivity index (χ2n) is 6.93. The number of hydroxylamine groups is 1. The smallest absolute Gasteiger partial charge is 0.338 e. The number of benzene rings is 1. The van der Waals surface area contributed by atoms with Crippen LogP contribution in [0.2, 0.25) is 0 Å². The molecule has 0 saturated carbocycles. The van der Waals surface area contributed by atoms with E-state index in [0.717, 1.165) is 12.1 Å². The largest absolute Gasteiger partial charge is 0.362 e. The van der Waals surface area contributed by atoms with Crippen molar-refractivity contribution in [2.24, 2.45) is 0 Å². The lowest BCUT2D eigenvalue weighted by Gasteiger charge is -2.45. The molecule has 4 heteroatoms. The summed E-state index contributed by atoms with van der Waals surface area (Å²) < 4.78 is 0. The van der Waals surface area contributed by atoms with Gasteiger partial charge in [-0.3, -0.25) is 0 Å². The fraction of sp³-hybridized carbons (Fsp3) is 0.471. The maximum absolute atomic E-state index is 12.0. The van der Waals surface area contributed by atoms with Gasteiger partial charge in [0.25, 0.3) is 0 Å². The molecule has 0 radical (unpaired) electrons. The molecule has 21 heavy (non-hydrogen) atoms. The number of nitrogens with one attached hydrogen (secondary N) is 2. The molecule has 1 aromatic carbocycles. The summed E-state index contributed by atoms with van der Waals surface area (Å²) in [6, 6.07) is 9.00. The van der Waals surface area contributed by atoms with Crippen molar-refractivity contribution >= 4 is 5.97 Å². The minimum atomic E-state index is -0.363. The lowest BCUT2D eigenvalue weighted by atomic mass is 9.84. The maximum Gasteiger partial charge on any atom is 0.362 e. The first-order valence-corrected chi connectivity index (χ1v) is 7.31. The Balaban J connectivity index is 2.05. The van der Waals surface area contributed by atoms with Gasteiger partial charge in [0.1, 0.15) is 5.54 Å². The first-order valence-electron chi connectivity index (χ1n) is 7.31. The van der Waals surface area contributed by atoms with Crippen molar-refractivity contribution in [2.45, 2.75) is 45.2 Å². The van der Waals surface area contributed by atoms with Crippen LogP contribution in [0.4, 0.5) is 0 Å². The van der Waals surface area contributed by atoms with Gasteiger partial charge in [-0.1, -0.05) is 18.2 Å². The Kier molecular flexibility index (Phi) is 4.10. The summed E-state index contributed by atoms with van der Waals surface area (Å²) in [4.78, 5) is 18.6. The first-order chi connectivity index (χ1) is 9.72. The molecule has 1 unspecified atom stereocenters. The molecule has 4 nitrogen and oxygen atoms in total. The van der Waals surface area contributed by atoms with Crippen LogP contribution in [0.25, 0.3) is 0 Å². The van der Waals surface area contributed by atoms with Gasteiger partial charge in [-0.15, -0.1) is 0 Å². The van der Waals surface area contributed by atoms with Crippen LogP contribution < -0.4 is 10.4 Å². The van der Waals surface area contributed by atoms with Gasteiger partial charge in [0.05, 0.1) is 23.8 Å². The van der Waals surface area contributed by atoms with Crippen molar-refractivity contribution in [3.8, 4) is 0 Å². The summed E-state index contributed by atoms with van der Waals surface area (Å²) in [6.45, 7) is 8.81. The lowest BCUT2D eigenvalue weighted by Crippen LogP contribution is -3.23. The zero-order valence-corrected chi connectivity index (χ0v) is 13.5. The third-order valence-electron chi connectivity index (χ3n) is 4.43. The molecule has 1 atom stereocenters. The predicted octanol–water partition coefficient (Wildman–Crippen LogP) is 1.71. The summed E-state index contributed by atoms with van der Waals surface area (Å²) in [5.41, 5.74) is 4.42. The van der Waals surface area contributed by atoms with E-state index in [2.05, 4.69) is 46.3 Å². The fourth-order valence-electron chi connectivity index (χ4n) is 2.89. The highest BCUT2D eigenvalue weighted by atomic mass is 16.7. The van der Waals surface area contributed by atoms with Crippen LogP contribution in [-0.2, 0) is 4.84 Å². The number of carbonyl (C=O) groups is 1. The molecule has 114 valence electrons. The van der Waals surface area contributed by atoms with Crippen LogP contribution in [0.5, 0.6) is 0 Å². The van der Waals surface area contributed by atoms with Gasteiger partial charge in [0.15, 0.2) is 0 Å². The van der Waals surface area contributed by atoms with Crippen molar-refractivity contribution < 1.29 is 14.5 Å². The quantitative estimate of drug-likeness (QED) is 0.833. The zero-order chi connectivity index (χ0) is 15.7. The van der Waals surface area contributed by atoms with Crippen LogP contribution >= 0.6 is 0 Å². The van der Waals surface area contributed by atoms with Crippen LogP contribution in [0.1, 0.15) is 44.5 Å². The molecule has 1 aliphatic heterocycles. The number of hydrogen-bond donors (Lipinski definition) is 2. The molecule has 0 aliphatic carbocycles. The zero-order valence-electron chi connectivity index (χ0n) is 13.5. The maximum atomic E-state index is 12.0. The normalized spacial score (nSPS) is 23.1. The van der Waals surface area contributed by atoms with Gasteiger partial charge in [0.2, 0.25) is 0 Å². The Labute approximate surface area is 126 Å². The molecule has 2 rings (SSSR count). The van der Waals surface area contributed by atoms with E-state index in [9.17, 15) is 4.79 Å². The summed E-state index contributed by atoms with van der Waals surface area (Å²) in [7, 11) is 2.20. The number of hydrogen-bond acceptors (Lipinski definition) is 3. The average Bonchev–Trinajstić information content (AvgIpc) is 2.42. The molecule has 2 N–H and O–H groups in total. The third-order valence-corrected chi connectivity index (χ3v) is 4.43. The highest BCUT2D eigenvalue weighted by molar-refractivity contribution is 5.89. The number of likely N-dealkylation sites (N-methyl/N-ethyl adjacent to an activating group) is 1. The third kappa shape index (κ3) is 3.45. The van der Waals surface area contributed by atoms with E-state index in [-0.39, 0.29) is 17.0 Å². The minimum Gasteiger partial charge on any atom is -0.338 e. The Morgan fingerprint density at radius 3 is 2.38 bits per heavy atom. The molecule has 0 fully saturated rings. The van der Waals surface area contributed by atoms with Gasteiger partial charge in [-0.05, 0) is 45.9 Å². The monoisotopic (exact) mass is 289 g/mol. The Morgan fingerprint density at radius 1 is 1.19 bits per heavy atom. The van der Waals surface area contributed by atoms with E-state index < -0.39 is 0 Å². The SMILES string of the molecule is C[NH+]1C(C)(C)C=C(NOC(=O)c2ccccc2)CC1(C)C. The van der Waals surface area contributed by atoms with E-state index >= 15 is 0 Å². The van der Waals surface area contributed by atoms with E-state index in [1.54, 1.807) is 12.1 Å². The average molecular weight is 289 g/mol. The molecule has 1 heterocycles. The Morgan fingerprint density at radius 2 is 1.81 bits per heavy atom. The molecule has 0 amide bonds. The van der Waals surface area contributed by atoms with Gasteiger partial charge < -0.3 is 9.74 Å². The molecule has 1 aliphatic rings. The van der Waals surface area contributed by atoms with Crippen LogP contribution in [-0.4, -0.2) is 24.1 Å². The van der Waals surface area contributed by atoms with Crippen LogP contribution in [0.15, 0.2) is 42.1 Å². The van der Waals surface area contributed by atoms with Crippen molar-refractivity contribution in [3.63, 3.8) is 0 Å². The van der Waals surface area contributed by atoms with E-state index in [1.807, 2.05) is 18.2 Å². The molecular formula is C17H25N2O2+.